The van der Waals surface area contributed by atoms with Crippen LogP contribution in [0.1, 0.15) is 13.8 Å². The number of rotatable bonds is 3. The Bertz CT molecular complexity index is 378. The summed E-state index contributed by atoms with van der Waals surface area (Å²) in [5.41, 5.74) is 0.616. The second-order valence-corrected chi connectivity index (χ2v) is 5.99. The lowest BCUT2D eigenvalue weighted by Gasteiger charge is -2.38. The predicted molar refractivity (Wildman–Crippen MR) is 76.4 cm³/mol. The molecule has 0 atom stereocenters. The van der Waals surface area contributed by atoms with Gasteiger partial charge in [0.1, 0.15) is 0 Å². The zero-order chi connectivity index (χ0) is 13.2. The van der Waals surface area contributed by atoms with E-state index in [1.54, 1.807) is 0 Å². The SMILES string of the molecule is CC(C)(O)CN1CCN(c2ccc(Cl)cc2)CC1. The van der Waals surface area contributed by atoms with E-state index in [-0.39, 0.29) is 0 Å². The maximum atomic E-state index is 9.81. The Balaban J connectivity index is 1.88. The number of aliphatic hydroxyl groups is 1. The number of anilines is 1. The summed E-state index contributed by atoms with van der Waals surface area (Å²) >= 11 is 5.89. The second-order valence-electron chi connectivity index (χ2n) is 5.55. The molecule has 0 spiro atoms. The number of benzene rings is 1. The van der Waals surface area contributed by atoms with Crippen molar-refractivity contribution in [1.82, 2.24) is 4.90 Å². The van der Waals surface area contributed by atoms with Gasteiger partial charge in [0, 0.05) is 43.4 Å². The van der Waals surface area contributed by atoms with Crippen molar-refractivity contribution in [2.24, 2.45) is 0 Å². The van der Waals surface area contributed by atoms with E-state index >= 15 is 0 Å². The minimum absolute atomic E-state index is 0.609. The lowest BCUT2D eigenvalue weighted by atomic mass is 10.1. The first-order chi connectivity index (χ1) is 8.44. The summed E-state index contributed by atoms with van der Waals surface area (Å²) in [6, 6.07) is 7.99. The molecule has 0 bridgehead atoms. The van der Waals surface area contributed by atoms with E-state index in [4.69, 9.17) is 11.6 Å². The maximum absolute atomic E-state index is 9.81. The van der Waals surface area contributed by atoms with Gasteiger partial charge in [0.25, 0.3) is 0 Å². The largest absolute Gasteiger partial charge is 0.389 e. The summed E-state index contributed by atoms with van der Waals surface area (Å²) in [6.07, 6.45) is 0. The second kappa shape index (κ2) is 5.47. The molecule has 1 aliphatic rings. The van der Waals surface area contributed by atoms with E-state index in [9.17, 15) is 5.11 Å². The molecule has 1 heterocycles. The molecule has 1 aromatic rings. The summed E-state index contributed by atoms with van der Waals surface area (Å²) in [4.78, 5) is 4.67. The third kappa shape index (κ3) is 3.87. The highest BCUT2D eigenvalue weighted by Crippen LogP contribution is 2.19. The Morgan fingerprint density at radius 3 is 2.17 bits per heavy atom. The normalized spacial score (nSPS) is 18.1. The fourth-order valence-electron chi connectivity index (χ4n) is 2.36. The van der Waals surface area contributed by atoms with Crippen LogP contribution in [-0.4, -0.2) is 48.3 Å². The van der Waals surface area contributed by atoms with E-state index in [1.165, 1.54) is 5.69 Å². The van der Waals surface area contributed by atoms with E-state index in [0.29, 0.717) is 0 Å². The van der Waals surface area contributed by atoms with Crippen molar-refractivity contribution in [1.29, 1.82) is 0 Å². The van der Waals surface area contributed by atoms with Crippen LogP contribution in [0.15, 0.2) is 24.3 Å². The van der Waals surface area contributed by atoms with E-state index in [0.717, 1.165) is 37.7 Å². The quantitative estimate of drug-likeness (QED) is 0.911. The van der Waals surface area contributed by atoms with Crippen molar-refractivity contribution in [3.63, 3.8) is 0 Å². The smallest absolute Gasteiger partial charge is 0.0718 e. The molecule has 0 saturated carbocycles. The van der Waals surface area contributed by atoms with Crippen LogP contribution in [-0.2, 0) is 0 Å². The number of hydrogen-bond acceptors (Lipinski definition) is 3. The molecule has 1 fully saturated rings. The first-order valence-corrected chi connectivity index (χ1v) is 6.77. The van der Waals surface area contributed by atoms with Gasteiger partial charge in [0.2, 0.25) is 0 Å². The van der Waals surface area contributed by atoms with Crippen LogP contribution >= 0.6 is 11.6 Å². The molecule has 2 rings (SSSR count). The molecule has 1 aliphatic heterocycles. The molecular weight excluding hydrogens is 248 g/mol. The van der Waals surface area contributed by atoms with Crippen LogP contribution in [0.4, 0.5) is 5.69 Å². The van der Waals surface area contributed by atoms with Crippen molar-refractivity contribution < 1.29 is 5.11 Å². The Kier molecular flexibility index (Phi) is 4.15. The highest BCUT2D eigenvalue weighted by Gasteiger charge is 2.22. The van der Waals surface area contributed by atoms with Gasteiger partial charge in [0.05, 0.1) is 5.60 Å². The van der Waals surface area contributed by atoms with Crippen molar-refractivity contribution in [2.75, 3.05) is 37.6 Å². The number of β-amino-alcohol motifs (C(OH)–C–C–N with tert-alkyl or cyclic N) is 1. The third-order valence-electron chi connectivity index (χ3n) is 3.17. The molecule has 100 valence electrons. The fraction of sp³-hybridized carbons (Fsp3) is 0.571. The number of halogens is 1. The Hall–Kier alpha value is -0.770. The van der Waals surface area contributed by atoms with Crippen LogP contribution < -0.4 is 4.90 Å². The van der Waals surface area contributed by atoms with Crippen LogP contribution in [0.2, 0.25) is 5.02 Å². The molecule has 0 amide bonds. The first-order valence-electron chi connectivity index (χ1n) is 6.39. The van der Waals surface area contributed by atoms with E-state index in [2.05, 4.69) is 21.9 Å². The van der Waals surface area contributed by atoms with Gasteiger partial charge in [-0.1, -0.05) is 11.6 Å². The van der Waals surface area contributed by atoms with Crippen molar-refractivity contribution in [3.05, 3.63) is 29.3 Å². The van der Waals surface area contributed by atoms with Crippen molar-refractivity contribution in [3.8, 4) is 0 Å². The van der Waals surface area contributed by atoms with Crippen LogP contribution in [0.25, 0.3) is 0 Å². The lowest BCUT2D eigenvalue weighted by molar-refractivity contribution is 0.0345. The maximum Gasteiger partial charge on any atom is 0.0718 e. The van der Waals surface area contributed by atoms with E-state index < -0.39 is 5.60 Å². The average Bonchev–Trinajstić information content (AvgIpc) is 2.29. The van der Waals surface area contributed by atoms with Gasteiger partial charge >= 0.3 is 0 Å². The van der Waals surface area contributed by atoms with Crippen LogP contribution in [0.5, 0.6) is 0 Å². The molecule has 0 aliphatic carbocycles. The standard InChI is InChI=1S/C14H21ClN2O/c1-14(2,18)11-16-7-9-17(10-8-16)13-5-3-12(15)4-6-13/h3-6,18H,7-11H2,1-2H3. The van der Waals surface area contributed by atoms with Gasteiger partial charge in [-0.05, 0) is 38.1 Å². The van der Waals surface area contributed by atoms with Crippen LogP contribution in [0, 0.1) is 0 Å². The van der Waals surface area contributed by atoms with Gasteiger partial charge < -0.3 is 10.0 Å². The summed E-state index contributed by atoms with van der Waals surface area (Å²) < 4.78 is 0. The first kappa shape index (κ1) is 13.7. The molecule has 1 saturated heterocycles. The Labute approximate surface area is 114 Å². The van der Waals surface area contributed by atoms with Gasteiger partial charge in [0.15, 0.2) is 0 Å². The molecule has 1 aromatic carbocycles. The van der Waals surface area contributed by atoms with Crippen LogP contribution in [0.3, 0.4) is 0 Å². The fourth-order valence-corrected chi connectivity index (χ4v) is 2.49. The van der Waals surface area contributed by atoms with Gasteiger partial charge in [-0.2, -0.15) is 0 Å². The Morgan fingerprint density at radius 2 is 1.67 bits per heavy atom. The molecule has 0 unspecified atom stereocenters. The molecule has 18 heavy (non-hydrogen) atoms. The van der Waals surface area contributed by atoms with Crippen molar-refractivity contribution >= 4 is 17.3 Å². The van der Waals surface area contributed by atoms with Crippen molar-refractivity contribution in [2.45, 2.75) is 19.4 Å². The highest BCUT2D eigenvalue weighted by atomic mass is 35.5. The molecule has 0 aromatic heterocycles. The third-order valence-corrected chi connectivity index (χ3v) is 3.43. The number of piperazine rings is 1. The zero-order valence-electron chi connectivity index (χ0n) is 11.1. The molecular formula is C14H21ClN2O. The number of nitrogens with zero attached hydrogens (tertiary/aromatic N) is 2. The Morgan fingerprint density at radius 1 is 1.11 bits per heavy atom. The summed E-state index contributed by atoms with van der Waals surface area (Å²) in [5.74, 6) is 0. The minimum Gasteiger partial charge on any atom is -0.389 e. The molecule has 0 radical (unpaired) electrons. The molecule has 1 N–H and O–H groups in total. The summed E-state index contributed by atoms with van der Waals surface area (Å²) in [6.45, 7) is 8.44. The van der Waals surface area contributed by atoms with Gasteiger partial charge in [-0.3, -0.25) is 4.90 Å². The zero-order valence-corrected chi connectivity index (χ0v) is 11.8. The summed E-state index contributed by atoms with van der Waals surface area (Å²) in [5, 5.41) is 10.6. The van der Waals surface area contributed by atoms with Gasteiger partial charge in [-0.25, -0.2) is 0 Å². The number of hydrogen-bond donors (Lipinski definition) is 1. The average molecular weight is 269 g/mol. The lowest BCUT2D eigenvalue weighted by Crippen LogP contribution is -2.50. The van der Waals surface area contributed by atoms with E-state index in [1.807, 2.05) is 26.0 Å². The minimum atomic E-state index is -0.609. The van der Waals surface area contributed by atoms with Gasteiger partial charge in [-0.15, -0.1) is 0 Å². The molecule has 3 nitrogen and oxygen atoms in total. The predicted octanol–water partition coefficient (Wildman–Crippen LogP) is 2.23. The monoisotopic (exact) mass is 268 g/mol. The summed E-state index contributed by atoms with van der Waals surface area (Å²) in [7, 11) is 0. The topological polar surface area (TPSA) is 26.7 Å². The molecule has 4 heteroatoms. The highest BCUT2D eigenvalue weighted by molar-refractivity contribution is 6.30.